The predicted octanol–water partition coefficient (Wildman–Crippen LogP) is 2.79. The largest absolute Gasteiger partial charge is 0.365 e. The van der Waals surface area contributed by atoms with E-state index in [2.05, 4.69) is 49.6 Å². The van der Waals surface area contributed by atoms with Crippen molar-refractivity contribution in [2.24, 2.45) is 5.73 Å². The lowest BCUT2D eigenvalue weighted by Crippen LogP contribution is -2.92. The molecule has 0 bridgehead atoms. The molecule has 1 aromatic carbocycles. The highest BCUT2D eigenvalue weighted by Gasteiger charge is 2.24. The maximum Gasteiger partial charge on any atom is 0.275 e. The lowest BCUT2D eigenvalue weighted by Gasteiger charge is -2.19. The highest BCUT2D eigenvalue weighted by molar-refractivity contribution is 7.10. The summed E-state index contributed by atoms with van der Waals surface area (Å²) in [4.78, 5) is 12.7. The van der Waals surface area contributed by atoms with Crippen LogP contribution in [0.15, 0.2) is 41.8 Å². The summed E-state index contributed by atoms with van der Waals surface area (Å²) in [5, 5.41) is 4.12. The van der Waals surface area contributed by atoms with E-state index >= 15 is 0 Å². The number of carbonyl (C=O) groups is 1. The molecule has 0 fully saturated rings. The molecule has 3 nitrogen and oxygen atoms in total. The third kappa shape index (κ3) is 3.96. The standard InChI is InChI=1S/C18H24N2OS/c1-4-12(2)14-7-9-15(10-8-14)17(16-6-5-11-22-16)20-13(3)18(19)21/h5-13,17,20H,4H2,1-3H3,(H2,19,21)/p+1/t12-,13-,17+/m0/s1. The van der Waals surface area contributed by atoms with Gasteiger partial charge in [0.05, 0.1) is 4.88 Å². The van der Waals surface area contributed by atoms with Gasteiger partial charge < -0.3 is 11.1 Å². The molecule has 2 aromatic rings. The molecule has 0 aliphatic heterocycles. The van der Waals surface area contributed by atoms with E-state index in [4.69, 9.17) is 5.73 Å². The van der Waals surface area contributed by atoms with Crippen molar-refractivity contribution >= 4 is 17.2 Å². The Bertz CT molecular complexity index is 592. The van der Waals surface area contributed by atoms with Gasteiger partial charge >= 0.3 is 0 Å². The first kappa shape index (κ1) is 16.7. The van der Waals surface area contributed by atoms with E-state index in [0.717, 1.165) is 6.42 Å². The van der Waals surface area contributed by atoms with Crippen molar-refractivity contribution in [1.82, 2.24) is 0 Å². The van der Waals surface area contributed by atoms with Crippen molar-refractivity contribution in [1.29, 1.82) is 0 Å². The summed E-state index contributed by atoms with van der Waals surface area (Å²) in [6, 6.07) is 12.8. The van der Waals surface area contributed by atoms with Gasteiger partial charge in [-0.3, -0.25) is 4.79 Å². The molecular weight excluding hydrogens is 292 g/mol. The summed E-state index contributed by atoms with van der Waals surface area (Å²) in [6.07, 6.45) is 1.14. The number of amides is 1. The SMILES string of the molecule is CC[C@H](C)c1ccc([C@@H]([NH2+][C@@H](C)C(N)=O)c2cccs2)cc1. The Morgan fingerprint density at radius 3 is 2.32 bits per heavy atom. The molecular formula is C18H25N2OS+. The number of rotatable bonds is 7. The highest BCUT2D eigenvalue weighted by atomic mass is 32.1. The van der Waals surface area contributed by atoms with Crippen LogP contribution in [0.4, 0.5) is 0 Å². The number of nitrogens with two attached hydrogens (primary N) is 2. The van der Waals surface area contributed by atoms with Crippen LogP contribution >= 0.6 is 11.3 Å². The van der Waals surface area contributed by atoms with Crippen molar-refractivity contribution in [2.75, 3.05) is 0 Å². The van der Waals surface area contributed by atoms with Gasteiger partial charge in [0.1, 0.15) is 6.04 Å². The smallest absolute Gasteiger partial charge is 0.275 e. The lowest BCUT2D eigenvalue weighted by molar-refractivity contribution is -0.704. The zero-order chi connectivity index (χ0) is 16.1. The summed E-state index contributed by atoms with van der Waals surface area (Å²) in [7, 11) is 0. The predicted molar refractivity (Wildman–Crippen MR) is 91.9 cm³/mol. The quantitative estimate of drug-likeness (QED) is 0.810. The molecule has 0 unspecified atom stereocenters. The van der Waals surface area contributed by atoms with Crippen LogP contribution in [0.1, 0.15) is 55.2 Å². The second-order valence-electron chi connectivity index (χ2n) is 5.85. The molecule has 0 saturated heterocycles. The van der Waals surface area contributed by atoms with E-state index in [1.165, 1.54) is 16.0 Å². The van der Waals surface area contributed by atoms with Gasteiger partial charge in [0, 0.05) is 5.56 Å². The number of hydrogen-bond acceptors (Lipinski definition) is 2. The summed E-state index contributed by atoms with van der Waals surface area (Å²) in [5.41, 5.74) is 8.00. The van der Waals surface area contributed by atoms with Gasteiger partial charge in [-0.25, -0.2) is 0 Å². The first-order chi connectivity index (χ1) is 10.5. The molecule has 0 saturated carbocycles. The van der Waals surface area contributed by atoms with Crippen molar-refractivity contribution in [3.63, 3.8) is 0 Å². The maximum atomic E-state index is 11.4. The third-order valence-electron chi connectivity index (χ3n) is 4.26. The number of thiophene rings is 1. The maximum absolute atomic E-state index is 11.4. The van der Waals surface area contributed by atoms with Crippen molar-refractivity contribution < 1.29 is 10.1 Å². The summed E-state index contributed by atoms with van der Waals surface area (Å²) >= 11 is 1.71. The molecule has 2 rings (SSSR count). The first-order valence-corrected chi connectivity index (χ1v) is 8.68. The molecule has 3 atom stereocenters. The van der Waals surface area contributed by atoms with E-state index in [-0.39, 0.29) is 18.0 Å². The normalized spacial score (nSPS) is 15.2. The van der Waals surface area contributed by atoms with Crippen LogP contribution in [0.25, 0.3) is 0 Å². The van der Waals surface area contributed by atoms with E-state index < -0.39 is 0 Å². The summed E-state index contributed by atoms with van der Waals surface area (Å²) < 4.78 is 0. The van der Waals surface area contributed by atoms with Crippen molar-refractivity contribution in [3.05, 3.63) is 57.8 Å². The highest BCUT2D eigenvalue weighted by Crippen LogP contribution is 2.25. The van der Waals surface area contributed by atoms with Crippen LogP contribution < -0.4 is 11.1 Å². The average Bonchev–Trinajstić information content (AvgIpc) is 3.05. The molecule has 1 amide bonds. The van der Waals surface area contributed by atoms with Gasteiger partial charge in [0.2, 0.25) is 0 Å². The Kier molecular flexibility index (Phi) is 5.75. The molecule has 22 heavy (non-hydrogen) atoms. The second-order valence-corrected chi connectivity index (χ2v) is 6.83. The fraction of sp³-hybridized carbons (Fsp3) is 0.389. The number of carbonyl (C=O) groups excluding carboxylic acids is 1. The molecule has 1 heterocycles. The van der Waals surface area contributed by atoms with Crippen LogP contribution in [0.2, 0.25) is 0 Å². The number of hydrogen-bond donors (Lipinski definition) is 2. The number of primary amides is 1. The zero-order valence-electron chi connectivity index (χ0n) is 13.5. The second kappa shape index (κ2) is 7.56. The van der Waals surface area contributed by atoms with E-state index in [1.54, 1.807) is 11.3 Å². The lowest BCUT2D eigenvalue weighted by atomic mass is 9.95. The first-order valence-electron chi connectivity index (χ1n) is 7.80. The molecule has 1 aromatic heterocycles. The molecule has 0 radical (unpaired) electrons. The molecule has 118 valence electrons. The zero-order valence-corrected chi connectivity index (χ0v) is 14.3. The fourth-order valence-electron chi connectivity index (χ4n) is 2.49. The molecule has 4 N–H and O–H groups in total. The molecule has 0 spiro atoms. The topological polar surface area (TPSA) is 59.7 Å². The van der Waals surface area contributed by atoms with Crippen LogP contribution in [0.5, 0.6) is 0 Å². The number of benzene rings is 1. The van der Waals surface area contributed by atoms with Crippen LogP contribution in [0.3, 0.4) is 0 Å². The Hall–Kier alpha value is -1.65. The Morgan fingerprint density at radius 1 is 1.18 bits per heavy atom. The van der Waals surface area contributed by atoms with E-state index in [0.29, 0.717) is 5.92 Å². The monoisotopic (exact) mass is 317 g/mol. The van der Waals surface area contributed by atoms with Gasteiger partial charge in [-0.1, -0.05) is 44.2 Å². The van der Waals surface area contributed by atoms with Crippen molar-refractivity contribution in [2.45, 2.75) is 45.2 Å². The molecule has 4 heteroatoms. The Morgan fingerprint density at radius 2 is 1.82 bits per heavy atom. The average molecular weight is 317 g/mol. The minimum atomic E-state index is -0.280. The van der Waals surface area contributed by atoms with Crippen LogP contribution in [-0.2, 0) is 4.79 Å². The van der Waals surface area contributed by atoms with Crippen LogP contribution in [0, 0.1) is 0 Å². The van der Waals surface area contributed by atoms with Gasteiger partial charge in [-0.05, 0) is 36.3 Å². The van der Waals surface area contributed by atoms with Gasteiger partial charge in [0.15, 0.2) is 6.04 Å². The minimum absolute atomic E-state index is 0.119. The summed E-state index contributed by atoms with van der Waals surface area (Å²) in [6.45, 7) is 6.30. The van der Waals surface area contributed by atoms with Crippen LogP contribution in [-0.4, -0.2) is 11.9 Å². The summed E-state index contributed by atoms with van der Waals surface area (Å²) in [5.74, 6) is 0.292. The minimum Gasteiger partial charge on any atom is -0.365 e. The molecule has 0 aliphatic rings. The Labute approximate surface area is 136 Å². The van der Waals surface area contributed by atoms with E-state index in [1.807, 2.05) is 18.3 Å². The van der Waals surface area contributed by atoms with Crippen molar-refractivity contribution in [3.8, 4) is 0 Å². The van der Waals surface area contributed by atoms with E-state index in [9.17, 15) is 4.79 Å². The Balaban J connectivity index is 2.27. The third-order valence-corrected chi connectivity index (χ3v) is 5.21. The van der Waals surface area contributed by atoms with Gasteiger partial charge in [0.25, 0.3) is 5.91 Å². The van der Waals surface area contributed by atoms with Gasteiger partial charge in [-0.2, -0.15) is 0 Å². The number of quaternary nitrogens is 1. The van der Waals surface area contributed by atoms with Gasteiger partial charge in [-0.15, -0.1) is 11.3 Å². The molecule has 0 aliphatic carbocycles. The fourth-order valence-corrected chi connectivity index (χ4v) is 3.32.